The third-order valence-electron chi connectivity index (χ3n) is 3.78. The predicted octanol–water partition coefficient (Wildman–Crippen LogP) is 3.95. The van der Waals surface area contributed by atoms with Crippen LogP contribution in [0.4, 0.5) is 8.78 Å². The van der Waals surface area contributed by atoms with Crippen molar-refractivity contribution >= 4 is 0 Å². The Bertz CT molecular complexity index is 784. The van der Waals surface area contributed by atoms with Crippen molar-refractivity contribution in [3.8, 4) is 0 Å². The van der Waals surface area contributed by atoms with Gasteiger partial charge >= 0.3 is 0 Å². The van der Waals surface area contributed by atoms with Crippen LogP contribution in [0.5, 0.6) is 0 Å². The number of hydrogen-bond acceptors (Lipinski definition) is 2. The van der Waals surface area contributed by atoms with E-state index in [1.165, 1.54) is 6.07 Å². The van der Waals surface area contributed by atoms with Crippen LogP contribution >= 0.6 is 0 Å². The maximum atomic E-state index is 13.7. The number of rotatable bonds is 5. The summed E-state index contributed by atoms with van der Waals surface area (Å²) >= 11 is 0. The maximum Gasteiger partial charge on any atom is 0.126 e. The van der Waals surface area contributed by atoms with Crippen LogP contribution in [-0.4, -0.2) is 15.0 Å². The fourth-order valence-electron chi connectivity index (χ4n) is 2.52. The molecule has 0 radical (unpaired) electrons. The zero-order valence-corrected chi connectivity index (χ0v) is 12.8. The van der Waals surface area contributed by atoms with E-state index >= 15 is 0 Å². The van der Waals surface area contributed by atoms with E-state index in [-0.39, 0.29) is 5.92 Å². The van der Waals surface area contributed by atoms with E-state index < -0.39 is 11.6 Å². The lowest BCUT2D eigenvalue weighted by Crippen LogP contribution is -2.02. The molecule has 1 atom stereocenters. The van der Waals surface area contributed by atoms with E-state index in [9.17, 15) is 8.78 Å². The lowest BCUT2D eigenvalue weighted by atomic mass is 9.98. The highest BCUT2D eigenvalue weighted by Crippen LogP contribution is 2.21. The van der Waals surface area contributed by atoms with Crippen molar-refractivity contribution in [2.45, 2.75) is 25.8 Å². The van der Waals surface area contributed by atoms with Crippen molar-refractivity contribution < 1.29 is 8.78 Å². The largest absolute Gasteiger partial charge is 0.248 e. The molecule has 1 heterocycles. The highest BCUT2D eigenvalue weighted by atomic mass is 19.1. The van der Waals surface area contributed by atoms with Crippen LogP contribution in [0.15, 0.2) is 54.7 Å². The van der Waals surface area contributed by atoms with Crippen molar-refractivity contribution in [3.05, 3.63) is 83.2 Å². The minimum atomic E-state index is -0.429. The van der Waals surface area contributed by atoms with Gasteiger partial charge in [-0.05, 0) is 35.7 Å². The van der Waals surface area contributed by atoms with Crippen LogP contribution in [0.3, 0.4) is 0 Å². The maximum absolute atomic E-state index is 13.7. The SMILES string of the molecule is CC(Cc1cc(F)ccc1F)c1cn(Cc2ccccc2)nn1. The molecule has 0 bridgehead atoms. The summed E-state index contributed by atoms with van der Waals surface area (Å²) in [4.78, 5) is 0. The van der Waals surface area contributed by atoms with Crippen molar-refractivity contribution in [3.63, 3.8) is 0 Å². The van der Waals surface area contributed by atoms with Gasteiger partial charge in [-0.25, -0.2) is 13.5 Å². The predicted molar refractivity (Wildman–Crippen MR) is 84.0 cm³/mol. The number of hydrogen-bond donors (Lipinski definition) is 0. The molecule has 0 aliphatic rings. The molecule has 23 heavy (non-hydrogen) atoms. The van der Waals surface area contributed by atoms with Crippen LogP contribution in [-0.2, 0) is 13.0 Å². The first-order valence-electron chi connectivity index (χ1n) is 7.49. The Hall–Kier alpha value is -2.56. The molecule has 0 fully saturated rings. The van der Waals surface area contributed by atoms with E-state index in [2.05, 4.69) is 10.3 Å². The fraction of sp³-hybridized carbons (Fsp3) is 0.222. The summed E-state index contributed by atoms with van der Waals surface area (Å²) in [6.07, 6.45) is 2.24. The topological polar surface area (TPSA) is 30.7 Å². The lowest BCUT2D eigenvalue weighted by molar-refractivity contribution is 0.574. The van der Waals surface area contributed by atoms with Crippen LogP contribution in [0.25, 0.3) is 0 Å². The molecule has 5 heteroatoms. The normalized spacial score (nSPS) is 12.3. The van der Waals surface area contributed by atoms with Gasteiger partial charge in [0.1, 0.15) is 11.6 Å². The summed E-state index contributed by atoms with van der Waals surface area (Å²) in [5.41, 5.74) is 2.26. The zero-order chi connectivity index (χ0) is 16.2. The zero-order valence-electron chi connectivity index (χ0n) is 12.8. The molecular weight excluding hydrogens is 296 g/mol. The molecular formula is C18H17F2N3. The van der Waals surface area contributed by atoms with E-state index in [0.717, 1.165) is 23.4 Å². The van der Waals surface area contributed by atoms with Gasteiger partial charge in [0.25, 0.3) is 0 Å². The van der Waals surface area contributed by atoms with Gasteiger partial charge in [0.2, 0.25) is 0 Å². The number of nitrogens with zero attached hydrogens (tertiary/aromatic N) is 3. The quantitative estimate of drug-likeness (QED) is 0.714. The molecule has 0 N–H and O–H groups in total. The second kappa shape index (κ2) is 6.69. The Morgan fingerprint density at radius 1 is 1.09 bits per heavy atom. The molecule has 3 rings (SSSR count). The Morgan fingerprint density at radius 2 is 1.87 bits per heavy atom. The summed E-state index contributed by atoms with van der Waals surface area (Å²) in [6.45, 7) is 2.57. The first-order valence-corrected chi connectivity index (χ1v) is 7.49. The van der Waals surface area contributed by atoms with E-state index in [1.54, 1.807) is 4.68 Å². The van der Waals surface area contributed by atoms with Gasteiger partial charge in [-0.1, -0.05) is 42.5 Å². The first kappa shape index (κ1) is 15.3. The summed E-state index contributed by atoms with van der Waals surface area (Å²) < 4.78 is 28.7. The van der Waals surface area contributed by atoms with Crippen LogP contribution in [0.2, 0.25) is 0 Å². The van der Waals surface area contributed by atoms with E-state index in [0.29, 0.717) is 18.5 Å². The average molecular weight is 313 g/mol. The van der Waals surface area contributed by atoms with Gasteiger partial charge < -0.3 is 0 Å². The third-order valence-corrected chi connectivity index (χ3v) is 3.78. The molecule has 3 nitrogen and oxygen atoms in total. The Balaban J connectivity index is 1.71. The number of aromatic nitrogens is 3. The molecule has 0 aliphatic heterocycles. The Labute approximate surface area is 133 Å². The molecule has 0 saturated heterocycles. The Morgan fingerprint density at radius 3 is 2.65 bits per heavy atom. The molecule has 0 amide bonds. The first-order chi connectivity index (χ1) is 11.1. The van der Waals surface area contributed by atoms with Gasteiger partial charge in [-0.3, -0.25) is 0 Å². The standard InChI is InChI=1S/C18H17F2N3/c1-13(9-15-10-16(19)7-8-17(15)20)18-12-23(22-21-18)11-14-5-3-2-4-6-14/h2-8,10,12-13H,9,11H2,1H3. The van der Waals surface area contributed by atoms with E-state index in [1.807, 2.05) is 43.5 Å². The molecule has 0 aliphatic carbocycles. The van der Waals surface area contributed by atoms with Crippen LogP contribution < -0.4 is 0 Å². The molecule has 0 saturated carbocycles. The summed E-state index contributed by atoms with van der Waals surface area (Å²) in [5, 5.41) is 8.27. The van der Waals surface area contributed by atoms with Crippen LogP contribution in [0, 0.1) is 11.6 Å². The second-order valence-electron chi connectivity index (χ2n) is 5.67. The second-order valence-corrected chi connectivity index (χ2v) is 5.67. The minimum Gasteiger partial charge on any atom is -0.248 e. The van der Waals surface area contributed by atoms with Gasteiger partial charge in [0.05, 0.1) is 12.2 Å². The van der Waals surface area contributed by atoms with Crippen molar-refractivity contribution in [2.24, 2.45) is 0 Å². The smallest absolute Gasteiger partial charge is 0.126 e. The third kappa shape index (κ3) is 3.80. The number of benzene rings is 2. The Kier molecular flexibility index (Phi) is 4.46. The summed E-state index contributed by atoms with van der Waals surface area (Å²) in [7, 11) is 0. The van der Waals surface area contributed by atoms with Crippen molar-refractivity contribution in [2.75, 3.05) is 0 Å². The molecule has 1 aromatic heterocycles. The van der Waals surface area contributed by atoms with Gasteiger partial charge in [-0.2, -0.15) is 0 Å². The summed E-state index contributed by atoms with van der Waals surface area (Å²) in [6, 6.07) is 13.5. The van der Waals surface area contributed by atoms with Gasteiger partial charge in [0.15, 0.2) is 0 Å². The average Bonchev–Trinajstić information content (AvgIpc) is 3.00. The van der Waals surface area contributed by atoms with Gasteiger partial charge in [-0.15, -0.1) is 5.10 Å². The highest BCUT2D eigenvalue weighted by Gasteiger charge is 2.14. The molecule has 0 spiro atoms. The van der Waals surface area contributed by atoms with E-state index in [4.69, 9.17) is 0 Å². The van der Waals surface area contributed by atoms with Crippen LogP contribution in [0.1, 0.15) is 29.7 Å². The minimum absolute atomic E-state index is 0.0455. The number of halogens is 2. The van der Waals surface area contributed by atoms with Crippen molar-refractivity contribution in [1.29, 1.82) is 0 Å². The highest BCUT2D eigenvalue weighted by molar-refractivity contribution is 5.21. The van der Waals surface area contributed by atoms with Crippen molar-refractivity contribution in [1.82, 2.24) is 15.0 Å². The molecule has 1 unspecified atom stereocenters. The van der Waals surface area contributed by atoms with Gasteiger partial charge in [0, 0.05) is 12.1 Å². The summed E-state index contributed by atoms with van der Waals surface area (Å²) in [5.74, 6) is -0.868. The fourth-order valence-corrected chi connectivity index (χ4v) is 2.52. The molecule has 2 aromatic carbocycles. The molecule has 118 valence electrons. The lowest BCUT2D eigenvalue weighted by Gasteiger charge is -2.09. The monoisotopic (exact) mass is 313 g/mol. The molecule has 3 aromatic rings.